The third-order valence-corrected chi connectivity index (χ3v) is 5.74. The lowest BCUT2D eigenvalue weighted by molar-refractivity contribution is -0.110. The standard InChI is InChI=1S/C25H21ClN6O2/c1-14-10-18(24(33)28-13-27-22-8-9-29-32-22)21(30-14)12-19-23-17(15-4-2-5-16(26)11-15)6-3-7-20(23)31-25(19)34/h2-12,30H,13H2,1H3,(H,28,33)(H,31,34)(H2,27,29,32). The maximum atomic E-state index is 12.9. The van der Waals surface area contributed by atoms with E-state index in [9.17, 15) is 9.59 Å². The predicted octanol–water partition coefficient (Wildman–Crippen LogP) is 4.66. The van der Waals surface area contributed by atoms with Crippen LogP contribution in [0, 0.1) is 6.92 Å². The number of anilines is 2. The smallest absolute Gasteiger partial charge is 0.256 e. The molecule has 5 rings (SSSR count). The van der Waals surface area contributed by atoms with E-state index in [0.29, 0.717) is 33.4 Å². The molecule has 8 nitrogen and oxygen atoms in total. The van der Waals surface area contributed by atoms with Crippen LogP contribution in [0.5, 0.6) is 0 Å². The summed E-state index contributed by atoms with van der Waals surface area (Å²) < 4.78 is 0. The van der Waals surface area contributed by atoms with E-state index in [1.807, 2.05) is 49.4 Å². The maximum absolute atomic E-state index is 12.9. The number of aryl methyl sites for hydroxylation is 1. The van der Waals surface area contributed by atoms with Crippen molar-refractivity contribution in [2.45, 2.75) is 6.92 Å². The number of rotatable bonds is 6. The first-order chi connectivity index (χ1) is 16.5. The zero-order chi connectivity index (χ0) is 23.7. The summed E-state index contributed by atoms with van der Waals surface area (Å²) in [5.41, 5.74) is 5.53. The van der Waals surface area contributed by atoms with E-state index >= 15 is 0 Å². The Morgan fingerprint density at radius 2 is 2.00 bits per heavy atom. The number of aromatic amines is 2. The molecule has 0 radical (unpaired) electrons. The molecule has 34 heavy (non-hydrogen) atoms. The number of fused-ring (bicyclic) bond motifs is 1. The van der Waals surface area contributed by atoms with Crippen molar-refractivity contribution in [2.75, 3.05) is 17.3 Å². The number of halogens is 1. The van der Waals surface area contributed by atoms with E-state index in [1.54, 1.807) is 24.4 Å². The first kappa shape index (κ1) is 21.5. The van der Waals surface area contributed by atoms with E-state index in [4.69, 9.17) is 11.6 Å². The molecule has 0 aliphatic carbocycles. The van der Waals surface area contributed by atoms with Crippen LogP contribution in [0.25, 0.3) is 22.8 Å². The lowest BCUT2D eigenvalue weighted by atomic mass is 9.94. The van der Waals surface area contributed by atoms with Crippen molar-refractivity contribution in [3.05, 3.63) is 88.3 Å². The summed E-state index contributed by atoms with van der Waals surface area (Å²) in [6.45, 7) is 2.07. The number of nitrogens with one attached hydrogen (secondary N) is 5. The third-order valence-electron chi connectivity index (χ3n) is 5.51. The summed E-state index contributed by atoms with van der Waals surface area (Å²) in [6.07, 6.45) is 3.34. The van der Waals surface area contributed by atoms with Gasteiger partial charge in [-0.15, -0.1) is 0 Å². The minimum Gasteiger partial charge on any atom is -0.358 e. The summed E-state index contributed by atoms with van der Waals surface area (Å²) >= 11 is 6.22. The average Bonchev–Trinajstić information content (AvgIpc) is 3.53. The van der Waals surface area contributed by atoms with Crippen molar-refractivity contribution in [2.24, 2.45) is 0 Å². The van der Waals surface area contributed by atoms with Crippen molar-refractivity contribution in [1.82, 2.24) is 20.5 Å². The highest BCUT2D eigenvalue weighted by Gasteiger charge is 2.28. The number of amides is 2. The molecule has 2 amide bonds. The number of carbonyl (C=O) groups is 2. The SMILES string of the molecule is Cc1cc(C(=O)NCNc2ccn[nH]2)c(C=C2C(=O)Nc3cccc(-c4cccc(Cl)c4)c32)[nH]1. The topological polar surface area (TPSA) is 115 Å². The summed E-state index contributed by atoms with van der Waals surface area (Å²) in [5, 5.41) is 16.0. The molecule has 0 unspecified atom stereocenters. The second-order valence-electron chi connectivity index (χ2n) is 7.86. The van der Waals surface area contributed by atoms with Crippen LogP contribution in [-0.4, -0.2) is 33.7 Å². The molecule has 170 valence electrons. The maximum Gasteiger partial charge on any atom is 0.256 e. The molecule has 0 bridgehead atoms. The van der Waals surface area contributed by atoms with Gasteiger partial charge in [-0.1, -0.05) is 35.9 Å². The number of hydrogen-bond donors (Lipinski definition) is 5. The van der Waals surface area contributed by atoms with E-state index in [-0.39, 0.29) is 18.5 Å². The van der Waals surface area contributed by atoms with E-state index in [1.165, 1.54) is 0 Å². The van der Waals surface area contributed by atoms with Crippen LogP contribution >= 0.6 is 11.6 Å². The van der Waals surface area contributed by atoms with Gasteiger partial charge in [0.25, 0.3) is 11.8 Å². The molecule has 0 atom stereocenters. The Morgan fingerprint density at radius 1 is 1.15 bits per heavy atom. The molecule has 0 fully saturated rings. The van der Waals surface area contributed by atoms with Crippen LogP contribution in [0.1, 0.15) is 27.3 Å². The first-order valence-corrected chi connectivity index (χ1v) is 11.0. The number of hydrogen-bond acceptors (Lipinski definition) is 4. The monoisotopic (exact) mass is 472 g/mol. The number of nitrogens with zero attached hydrogens (tertiary/aromatic N) is 1. The second kappa shape index (κ2) is 8.92. The van der Waals surface area contributed by atoms with Gasteiger partial charge >= 0.3 is 0 Å². The molecular formula is C25H21ClN6O2. The molecule has 4 aromatic rings. The second-order valence-corrected chi connectivity index (χ2v) is 8.30. The zero-order valence-electron chi connectivity index (χ0n) is 18.2. The van der Waals surface area contributed by atoms with Gasteiger partial charge < -0.3 is 20.9 Å². The van der Waals surface area contributed by atoms with Crippen LogP contribution < -0.4 is 16.0 Å². The minimum atomic E-state index is -0.273. The molecule has 5 N–H and O–H groups in total. The molecule has 0 spiro atoms. The summed E-state index contributed by atoms with van der Waals surface area (Å²) in [4.78, 5) is 29.0. The fourth-order valence-electron chi connectivity index (χ4n) is 4.01. The van der Waals surface area contributed by atoms with Crippen molar-refractivity contribution < 1.29 is 9.59 Å². The first-order valence-electron chi connectivity index (χ1n) is 10.6. The highest BCUT2D eigenvalue weighted by Crippen LogP contribution is 2.41. The molecule has 0 saturated carbocycles. The average molecular weight is 473 g/mol. The summed E-state index contributed by atoms with van der Waals surface area (Å²) in [7, 11) is 0. The Hall–Kier alpha value is -4.30. The molecule has 2 aromatic carbocycles. The van der Waals surface area contributed by atoms with Gasteiger partial charge in [0.2, 0.25) is 0 Å². The summed E-state index contributed by atoms with van der Waals surface area (Å²) in [5.74, 6) is 0.189. The van der Waals surface area contributed by atoms with Crippen LogP contribution in [0.2, 0.25) is 5.02 Å². The molecular weight excluding hydrogens is 452 g/mol. The van der Waals surface area contributed by atoms with Gasteiger partial charge in [0.1, 0.15) is 5.82 Å². The van der Waals surface area contributed by atoms with E-state index in [2.05, 4.69) is 31.1 Å². The lowest BCUT2D eigenvalue weighted by Gasteiger charge is -2.09. The van der Waals surface area contributed by atoms with Gasteiger partial charge in [0, 0.05) is 22.0 Å². The highest BCUT2D eigenvalue weighted by atomic mass is 35.5. The normalized spacial score (nSPS) is 13.6. The van der Waals surface area contributed by atoms with Gasteiger partial charge in [-0.2, -0.15) is 5.10 Å². The minimum absolute atomic E-state index is 0.212. The Morgan fingerprint density at radius 3 is 2.79 bits per heavy atom. The molecule has 9 heteroatoms. The van der Waals surface area contributed by atoms with Crippen LogP contribution in [0.3, 0.4) is 0 Å². The largest absolute Gasteiger partial charge is 0.358 e. The third kappa shape index (κ3) is 4.18. The zero-order valence-corrected chi connectivity index (χ0v) is 19.0. The Bertz CT molecular complexity index is 1420. The Labute approximate surface area is 200 Å². The number of H-pyrrole nitrogens is 2. The van der Waals surface area contributed by atoms with Gasteiger partial charge in [-0.25, -0.2) is 0 Å². The van der Waals surface area contributed by atoms with Gasteiger partial charge in [0.15, 0.2) is 0 Å². The number of benzene rings is 2. The van der Waals surface area contributed by atoms with Crippen molar-refractivity contribution in [3.8, 4) is 11.1 Å². The van der Waals surface area contributed by atoms with Crippen LogP contribution in [-0.2, 0) is 4.79 Å². The van der Waals surface area contributed by atoms with E-state index in [0.717, 1.165) is 22.4 Å². The van der Waals surface area contributed by atoms with Gasteiger partial charge in [-0.05, 0) is 54.5 Å². The summed E-state index contributed by atoms with van der Waals surface area (Å²) in [6, 6.07) is 16.7. The van der Waals surface area contributed by atoms with Gasteiger partial charge in [-0.3, -0.25) is 14.7 Å². The van der Waals surface area contributed by atoms with E-state index < -0.39 is 0 Å². The van der Waals surface area contributed by atoms with Crippen LogP contribution in [0.15, 0.2) is 60.8 Å². The van der Waals surface area contributed by atoms with Crippen LogP contribution in [0.4, 0.5) is 11.5 Å². The molecule has 2 aromatic heterocycles. The van der Waals surface area contributed by atoms with Gasteiger partial charge in [0.05, 0.1) is 29.7 Å². The fourth-order valence-corrected chi connectivity index (χ4v) is 4.20. The lowest BCUT2D eigenvalue weighted by Crippen LogP contribution is -2.29. The van der Waals surface area contributed by atoms with Crippen molar-refractivity contribution >= 4 is 46.6 Å². The Kier molecular flexibility index (Phi) is 5.65. The Balaban J connectivity index is 1.49. The van der Waals surface area contributed by atoms with Crippen molar-refractivity contribution in [1.29, 1.82) is 0 Å². The number of carbonyl (C=O) groups excluding carboxylic acids is 2. The van der Waals surface area contributed by atoms with Crippen molar-refractivity contribution in [3.63, 3.8) is 0 Å². The predicted molar refractivity (Wildman–Crippen MR) is 133 cm³/mol. The molecule has 1 aliphatic heterocycles. The molecule has 1 aliphatic rings. The quantitative estimate of drug-likeness (QED) is 0.207. The molecule has 3 heterocycles. The molecule has 0 saturated heterocycles. The fraction of sp³-hybridized carbons (Fsp3) is 0.0800. The number of aromatic nitrogens is 3. The highest BCUT2D eigenvalue weighted by molar-refractivity contribution is 6.36.